The molecule has 0 saturated heterocycles. The van der Waals surface area contributed by atoms with Crippen LogP contribution in [0.3, 0.4) is 0 Å². The standard InChI is InChI=1S/C9H12N2O3S2/c1-3-14-8(13)4-7(12)5-15-9-11-10-6(2)16-9/h3-5H2,1-2H3. The van der Waals surface area contributed by atoms with Gasteiger partial charge in [0.05, 0.1) is 12.4 Å². The van der Waals surface area contributed by atoms with Gasteiger partial charge in [0.2, 0.25) is 0 Å². The van der Waals surface area contributed by atoms with Gasteiger partial charge in [-0.25, -0.2) is 0 Å². The Morgan fingerprint density at radius 2 is 2.19 bits per heavy atom. The Labute approximate surface area is 102 Å². The van der Waals surface area contributed by atoms with Gasteiger partial charge in [0.1, 0.15) is 11.4 Å². The Morgan fingerprint density at radius 3 is 2.75 bits per heavy atom. The van der Waals surface area contributed by atoms with E-state index < -0.39 is 5.97 Å². The number of ether oxygens (including phenoxy) is 1. The Hall–Kier alpha value is -0.950. The number of aryl methyl sites for hydroxylation is 1. The number of thioether (sulfide) groups is 1. The average Bonchev–Trinajstić information content (AvgIpc) is 2.61. The Bertz CT molecular complexity index is 379. The lowest BCUT2D eigenvalue weighted by atomic mass is 10.3. The molecule has 1 heterocycles. The summed E-state index contributed by atoms with van der Waals surface area (Å²) in [6.07, 6.45) is -0.168. The molecule has 7 heteroatoms. The number of hydrogen-bond acceptors (Lipinski definition) is 7. The zero-order chi connectivity index (χ0) is 12.0. The minimum absolute atomic E-state index is 0.156. The maximum atomic E-state index is 11.3. The van der Waals surface area contributed by atoms with E-state index in [-0.39, 0.29) is 18.0 Å². The van der Waals surface area contributed by atoms with Crippen LogP contribution in [0.4, 0.5) is 0 Å². The number of ketones is 1. The third-order valence-corrected chi connectivity index (χ3v) is 3.54. The molecule has 5 nitrogen and oxygen atoms in total. The first kappa shape index (κ1) is 13.1. The number of nitrogens with zero attached hydrogens (tertiary/aromatic N) is 2. The summed E-state index contributed by atoms with van der Waals surface area (Å²) in [7, 11) is 0. The molecule has 0 bridgehead atoms. The van der Waals surface area contributed by atoms with Crippen molar-refractivity contribution >= 4 is 34.9 Å². The molecule has 0 saturated carbocycles. The molecule has 0 N–H and O–H groups in total. The van der Waals surface area contributed by atoms with Gasteiger partial charge in [-0.3, -0.25) is 9.59 Å². The minimum atomic E-state index is -0.471. The number of carbonyl (C=O) groups is 2. The van der Waals surface area contributed by atoms with Crippen molar-refractivity contribution < 1.29 is 14.3 Å². The van der Waals surface area contributed by atoms with Crippen molar-refractivity contribution in [2.24, 2.45) is 0 Å². The van der Waals surface area contributed by atoms with Crippen LogP contribution in [0.5, 0.6) is 0 Å². The maximum Gasteiger partial charge on any atom is 0.313 e. The summed E-state index contributed by atoms with van der Waals surface area (Å²) < 4.78 is 5.42. The molecule has 88 valence electrons. The summed E-state index contributed by atoms with van der Waals surface area (Å²) in [5, 5.41) is 8.56. The highest BCUT2D eigenvalue weighted by Crippen LogP contribution is 2.21. The van der Waals surface area contributed by atoms with E-state index in [0.717, 1.165) is 9.35 Å². The summed E-state index contributed by atoms with van der Waals surface area (Å²) in [6.45, 7) is 3.86. The van der Waals surface area contributed by atoms with Crippen LogP contribution in [0.1, 0.15) is 18.4 Å². The highest BCUT2D eigenvalue weighted by molar-refractivity contribution is 8.01. The molecule has 0 radical (unpaired) electrons. The number of hydrogen-bond donors (Lipinski definition) is 0. The highest BCUT2D eigenvalue weighted by Gasteiger charge is 2.11. The van der Waals surface area contributed by atoms with Crippen LogP contribution in [0.2, 0.25) is 0 Å². The fourth-order valence-corrected chi connectivity index (χ4v) is 2.58. The van der Waals surface area contributed by atoms with E-state index in [1.165, 1.54) is 23.1 Å². The van der Waals surface area contributed by atoms with Gasteiger partial charge in [-0.1, -0.05) is 23.1 Å². The van der Waals surface area contributed by atoms with Gasteiger partial charge in [0.25, 0.3) is 0 Å². The lowest BCUT2D eigenvalue weighted by Gasteiger charge is -1.99. The predicted octanol–water partition coefficient (Wildman–Crippen LogP) is 1.46. The summed E-state index contributed by atoms with van der Waals surface area (Å²) in [4.78, 5) is 22.3. The van der Waals surface area contributed by atoms with Gasteiger partial charge in [0.15, 0.2) is 10.1 Å². The highest BCUT2D eigenvalue weighted by atomic mass is 32.2. The normalized spacial score (nSPS) is 10.1. The van der Waals surface area contributed by atoms with E-state index >= 15 is 0 Å². The summed E-state index contributed by atoms with van der Waals surface area (Å²) in [6, 6.07) is 0. The molecule has 1 aromatic heterocycles. The van der Waals surface area contributed by atoms with Crippen molar-refractivity contribution in [3.63, 3.8) is 0 Å². The van der Waals surface area contributed by atoms with Crippen molar-refractivity contribution in [2.45, 2.75) is 24.6 Å². The van der Waals surface area contributed by atoms with Crippen LogP contribution in [-0.2, 0) is 14.3 Å². The SMILES string of the molecule is CCOC(=O)CC(=O)CSc1nnc(C)s1. The van der Waals surface area contributed by atoms with Gasteiger partial charge in [0, 0.05) is 0 Å². The largest absolute Gasteiger partial charge is 0.466 e. The van der Waals surface area contributed by atoms with Gasteiger partial charge < -0.3 is 4.74 Å². The average molecular weight is 260 g/mol. The van der Waals surface area contributed by atoms with E-state index in [2.05, 4.69) is 14.9 Å². The molecule has 1 rings (SSSR count). The second kappa shape index (κ2) is 6.59. The fourth-order valence-electron chi connectivity index (χ4n) is 0.903. The molecule has 0 aliphatic rings. The van der Waals surface area contributed by atoms with Gasteiger partial charge in [-0.2, -0.15) is 0 Å². The predicted molar refractivity (Wildman–Crippen MR) is 61.6 cm³/mol. The summed E-state index contributed by atoms with van der Waals surface area (Å²) >= 11 is 2.73. The number of aromatic nitrogens is 2. The quantitative estimate of drug-likeness (QED) is 0.438. The molecule has 0 aromatic carbocycles. The number of carbonyl (C=O) groups excluding carboxylic acids is 2. The lowest BCUT2D eigenvalue weighted by Crippen LogP contribution is -2.12. The third kappa shape index (κ3) is 4.71. The summed E-state index contributed by atoms with van der Waals surface area (Å²) in [5.74, 6) is -0.397. The van der Waals surface area contributed by atoms with E-state index in [4.69, 9.17) is 0 Å². The Morgan fingerprint density at radius 1 is 1.44 bits per heavy atom. The van der Waals surface area contributed by atoms with E-state index in [0.29, 0.717) is 6.61 Å². The Kier molecular flexibility index (Phi) is 5.41. The fraction of sp³-hybridized carbons (Fsp3) is 0.556. The van der Waals surface area contributed by atoms with E-state index in [1.807, 2.05) is 6.92 Å². The van der Waals surface area contributed by atoms with Gasteiger partial charge in [-0.05, 0) is 13.8 Å². The van der Waals surface area contributed by atoms with Crippen molar-refractivity contribution in [1.29, 1.82) is 0 Å². The van der Waals surface area contributed by atoms with Crippen LogP contribution in [0.15, 0.2) is 4.34 Å². The van der Waals surface area contributed by atoms with Gasteiger partial charge in [-0.15, -0.1) is 10.2 Å². The topological polar surface area (TPSA) is 69.2 Å². The number of Topliss-reactive ketones (excluding diaryl/α,β-unsaturated/α-hetero) is 1. The van der Waals surface area contributed by atoms with Crippen LogP contribution >= 0.6 is 23.1 Å². The second-order valence-corrected chi connectivity index (χ2v) is 5.30. The van der Waals surface area contributed by atoms with Crippen LogP contribution in [-0.4, -0.2) is 34.3 Å². The molecule has 0 atom stereocenters. The number of esters is 1. The molecule has 0 fully saturated rings. The van der Waals surface area contributed by atoms with Crippen molar-refractivity contribution in [2.75, 3.05) is 12.4 Å². The maximum absolute atomic E-state index is 11.3. The van der Waals surface area contributed by atoms with Crippen LogP contribution in [0, 0.1) is 6.92 Å². The second-order valence-electron chi connectivity index (χ2n) is 2.90. The molecule has 1 aromatic rings. The first-order valence-electron chi connectivity index (χ1n) is 4.72. The lowest BCUT2D eigenvalue weighted by molar-refractivity contribution is -0.145. The van der Waals surface area contributed by atoms with E-state index in [1.54, 1.807) is 6.92 Å². The first-order valence-corrected chi connectivity index (χ1v) is 6.52. The molecule has 0 aliphatic heterocycles. The van der Waals surface area contributed by atoms with Crippen molar-refractivity contribution in [3.8, 4) is 0 Å². The third-order valence-electron chi connectivity index (χ3n) is 1.51. The minimum Gasteiger partial charge on any atom is -0.466 e. The van der Waals surface area contributed by atoms with Crippen molar-refractivity contribution in [3.05, 3.63) is 5.01 Å². The zero-order valence-electron chi connectivity index (χ0n) is 9.06. The zero-order valence-corrected chi connectivity index (χ0v) is 10.7. The summed E-state index contributed by atoms with van der Waals surface area (Å²) in [5.41, 5.74) is 0. The smallest absolute Gasteiger partial charge is 0.313 e. The van der Waals surface area contributed by atoms with Crippen molar-refractivity contribution in [1.82, 2.24) is 10.2 Å². The number of rotatable bonds is 6. The van der Waals surface area contributed by atoms with Crippen LogP contribution < -0.4 is 0 Å². The molecule has 0 aliphatic carbocycles. The monoisotopic (exact) mass is 260 g/mol. The van der Waals surface area contributed by atoms with E-state index in [9.17, 15) is 9.59 Å². The van der Waals surface area contributed by atoms with Gasteiger partial charge >= 0.3 is 5.97 Å². The molecular weight excluding hydrogens is 248 g/mol. The molecule has 0 spiro atoms. The molecule has 0 unspecified atom stereocenters. The first-order chi connectivity index (χ1) is 7.61. The molecular formula is C9H12N2O3S2. The molecule has 0 amide bonds. The molecule has 16 heavy (non-hydrogen) atoms. The van der Waals surface area contributed by atoms with Crippen LogP contribution in [0.25, 0.3) is 0 Å². The Balaban J connectivity index is 2.27.